The maximum absolute atomic E-state index is 11.9. The molecule has 1 aliphatic rings. The lowest BCUT2D eigenvalue weighted by molar-refractivity contribution is -0.123. The molecule has 0 saturated carbocycles. The van der Waals surface area contributed by atoms with Crippen LogP contribution in [0, 0.1) is 0 Å². The average Bonchev–Trinajstić information content (AvgIpc) is 2.25. The van der Waals surface area contributed by atoms with Gasteiger partial charge in [-0.25, -0.2) is 4.79 Å². The van der Waals surface area contributed by atoms with Gasteiger partial charge in [-0.3, -0.25) is 4.90 Å². The van der Waals surface area contributed by atoms with E-state index in [4.69, 9.17) is 0 Å². The number of urea groups is 1. The minimum Gasteiger partial charge on any atom is -0.329 e. The van der Waals surface area contributed by atoms with E-state index in [1.54, 1.807) is 0 Å². The first-order valence-electron chi connectivity index (χ1n) is 5.63. The van der Waals surface area contributed by atoms with Crippen LogP contribution in [0.3, 0.4) is 0 Å². The van der Waals surface area contributed by atoms with Crippen molar-refractivity contribution >= 4 is 6.03 Å². The number of amides is 2. The van der Waals surface area contributed by atoms with Crippen LogP contribution in [-0.4, -0.2) is 61.3 Å². The molecule has 1 atom stereocenters. The summed E-state index contributed by atoms with van der Waals surface area (Å²) in [5, 5.41) is 1.90. The highest BCUT2D eigenvalue weighted by Crippen LogP contribution is 2.14. The van der Waals surface area contributed by atoms with Gasteiger partial charge in [-0.2, -0.15) is 13.2 Å². The number of rotatable bonds is 2. The molecule has 1 aliphatic heterocycles. The number of halogens is 3. The Balaban J connectivity index is 2.42. The second kappa shape index (κ2) is 5.57. The monoisotopic (exact) mass is 253 g/mol. The number of likely N-dealkylation sites (N-methyl/N-ethyl adjacent to an activating group) is 1. The first-order valence-corrected chi connectivity index (χ1v) is 5.63. The van der Waals surface area contributed by atoms with Crippen molar-refractivity contribution in [3.05, 3.63) is 0 Å². The summed E-state index contributed by atoms with van der Waals surface area (Å²) in [5.41, 5.74) is 0. The zero-order chi connectivity index (χ0) is 13.1. The van der Waals surface area contributed by atoms with E-state index in [1.807, 2.05) is 19.3 Å². The van der Waals surface area contributed by atoms with Crippen LogP contribution in [0.4, 0.5) is 18.0 Å². The maximum atomic E-state index is 11.9. The predicted molar refractivity (Wildman–Crippen MR) is 57.7 cm³/mol. The molecule has 0 aromatic carbocycles. The molecule has 1 N–H and O–H groups in total. The van der Waals surface area contributed by atoms with Gasteiger partial charge < -0.3 is 10.2 Å². The molecule has 100 valence electrons. The molecule has 0 bridgehead atoms. The molecule has 7 heteroatoms. The van der Waals surface area contributed by atoms with Gasteiger partial charge in [0.05, 0.1) is 0 Å². The van der Waals surface area contributed by atoms with E-state index in [2.05, 4.69) is 4.90 Å². The van der Waals surface area contributed by atoms with E-state index in [9.17, 15) is 18.0 Å². The Morgan fingerprint density at radius 2 is 2.06 bits per heavy atom. The second-order valence-electron chi connectivity index (χ2n) is 4.26. The van der Waals surface area contributed by atoms with E-state index in [0.717, 1.165) is 6.42 Å². The Labute approximate surface area is 98.7 Å². The molecular formula is C10H18F3N3O. The molecular weight excluding hydrogens is 235 g/mol. The van der Waals surface area contributed by atoms with Gasteiger partial charge in [0.2, 0.25) is 0 Å². The summed E-state index contributed by atoms with van der Waals surface area (Å²) in [6.45, 7) is 2.37. The van der Waals surface area contributed by atoms with Gasteiger partial charge in [0.1, 0.15) is 6.54 Å². The van der Waals surface area contributed by atoms with Gasteiger partial charge in [-0.05, 0) is 13.5 Å². The smallest absolute Gasteiger partial charge is 0.329 e. The lowest BCUT2D eigenvalue weighted by Gasteiger charge is -2.39. The number of piperazine rings is 1. The highest BCUT2D eigenvalue weighted by Gasteiger charge is 2.31. The summed E-state index contributed by atoms with van der Waals surface area (Å²) < 4.78 is 35.8. The highest BCUT2D eigenvalue weighted by atomic mass is 19.4. The molecule has 1 saturated heterocycles. The fourth-order valence-corrected chi connectivity index (χ4v) is 1.86. The number of nitrogens with one attached hydrogen (secondary N) is 1. The second-order valence-corrected chi connectivity index (χ2v) is 4.26. The number of carbonyl (C=O) groups excluding carboxylic acids is 1. The van der Waals surface area contributed by atoms with Crippen molar-refractivity contribution < 1.29 is 18.0 Å². The van der Waals surface area contributed by atoms with Crippen molar-refractivity contribution in [2.75, 3.05) is 33.2 Å². The number of alkyl halides is 3. The van der Waals surface area contributed by atoms with E-state index >= 15 is 0 Å². The largest absolute Gasteiger partial charge is 0.405 e. The van der Waals surface area contributed by atoms with Crippen molar-refractivity contribution in [2.45, 2.75) is 25.6 Å². The molecule has 0 spiro atoms. The SMILES string of the molecule is CCC1CN(C(=O)NCC(F)(F)F)CCN1C. The van der Waals surface area contributed by atoms with Crippen LogP contribution in [0.25, 0.3) is 0 Å². The zero-order valence-corrected chi connectivity index (χ0v) is 10.0. The highest BCUT2D eigenvalue weighted by molar-refractivity contribution is 5.74. The van der Waals surface area contributed by atoms with Crippen molar-refractivity contribution in [1.29, 1.82) is 0 Å². The Hall–Kier alpha value is -0.980. The lowest BCUT2D eigenvalue weighted by Crippen LogP contribution is -2.56. The normalized spacial score (nSPS) is 22.6. The minimum absolute atomic E-state index is 0.223. The lowest BCUT2D eigenvalue weighted by atomic mass is 10.1. The first-order chi connectivity index (χ1) is 7.83. The number of nitrogens with zero attached hydrogens (tertiary/aromatic N) is 2. The van der Waals surface area contributed by atoms with Crippen LogP contribution in [0.2, 0.25) is 0 Å². The average molecular weight is 253 g/mol. The molecule has 0 radical (unpaired) electrons. The standard InChI is InChI=1S/C10H18F3N3O/c1-3-8-6-16(5-4-15(8)2)9(17)14-7-10(11,12)13/h8H,3-7H2,1-2H3,(H,14,17). The van der Waals surface area contributed by atoms with Crippen molar-refractivity contribution in [2.24, 2.45) is 0 Å². The molecule has 2 amide bonds. The van der Waals surface area contributed by atoms with Crippen LogP contribution < -0.4 is 5.32 Å². The quantitative estimate of drug-likeness (QED) is 0.804. The molecule has 0 aromatic rings. The number of carbonyl (C=O) groups is 1. The molecule has 1 unspecified atom stereocenters. The van der Waals surface area contributed by atoms with Gasteiger partial charge in [0, 0.05) is 25.7 Å². The third-order valence-corrected chi connectivity index (χ3v) is 2.98. The third-order valence-electron chi connectivity index (χ3n) is 2.98. The fourth-order valence-electron chi connectivity index (χ4n) is 1.86. The summed E-state index contributed by atoms with van der Waals surface area (Å²) in [5.74, 6) is 0. The maximum Gasteiger partial charge on any atom is 0.405 e. The van der Waals surface area contributed by atoms with Crippen LogP contribution in [0.1, 0.15) is 13.3 Å². The summed E-state index contributed by atoms with van der Waals surface area (Å²) in [6.07, 6.45) is -3.48. The first kappa shape index (κ1) is 14.1. The van der Waals surface area contributed by atoms with Crippen LogP contribution in [0.15, 0.2) is 0 Å². The van der Waals surface area contributed by atoms with E-state index < -0.39 is 18.8 Å². The van der Waals surface area contributed by atoms with Crippen molar-refractivity contribution in [1.82, 2.24) is 15.1 Å². The van der Waals surface area contributed by atoms with Crippen LogP contribution in [-0.2, 0) is 0 Å². The predicted octanol–water partition coefficient (Wildman–Crippen LogP) is 1.28. The van der Waals surface area contributed by atoms with Crippen LogP contribution in [0.5, 0.6) is 0 Å². The molecule has 0 aliphatic carbocycles. The Morgan fingerprint density at radius 3 is 2.59 bits per heavy atom. The van der Waals surface area contributed by atoms with Crippen molar-refractivity contribution in [3.63, 3.8) is 0 Å². The molecule has 0 aromatic heterocycles. The zero-order valence-electron chi connectivity index (χ0n) is 10.0. The Bertz CT molecular complexity index is 270. The molecule has 1 rings (SSSR count). The molecule has 17 heavy (non-hydrogen) atoms. The van der Waals surface area contributed by atoms with Gasteiger partial charge in [0.15, 0.2) is 0 Å². The van der Waals surface area contributed by atoms with E-state index in [1.165, 1.54) is 4.90 Å². The van der Waals surface area contributed by atoms with Gasteiger partial charge in [-0.15, -0.1) is 0 Å². The number of hydrogen-bond donors (Lipinski definition) is 1. The molecule has 4 nitrogen and oxygen atoms in total. The van der Waals surface area contributed by atoms with E-state index in [-0.39, 0.29) is 6.04 Å². The molecule has 1 heterocycles. The van der Waals surface area contributed by atoms with Gasteiger partial charge >= 0.3 is 12.2 Å². The fraction of sp³-hybridized carbons (Fsp3) is 0.900. The summed E-state index contributed by atoms with van der Waals surface area (Å²) in [4.78, 5) is 15.1. The van der Waals surface area contributed by atoms with E-state index in [0.29, 0.717) is 19.6 Å². The third kappa shape index (κ3) is 4.41. The van der Waals surface area contributed by atoms with Crippen molar-refractivity contribution in [3.8, 4) is 0 Å². The molecule has 1 fully saturated rings. The number of hydrogen-bond acceptors (Lipinski definition) is 2. The summed E-state index contributed by atoms with van der Waals surface area (Å²) in [7, 11) is 1.96. The minimum atomic E-state index is -4.35. The van der Waals surface area contributed by atoms with Gasteiger partial charge in [-0.1, -0.05) is 6.92 Å². The Kier molecular flexibility index (Phi) is 4.62. The van der Waals surface area contributed by atoms with Crippen LogP contribution >= 0.6 is 0 Å². The summed E-state index contributed by atoms with van der Waals surface area (Å²) in [6, 6.07) is -0.408. The van der Waals surface area contributed by atoms with Gasteiger partial charge in [0.25, 0.3) is 0 Å². The summed E-state index contributed by atoms with van der Waals surface area (Å²) >= 11 is 0. The Morgan fingerprint density at radius 1 is 1.41 bits per heavy atom. The topological polar surface area (TPSA) is 35.6 Å².